The molecule has 1 saturated heterocycles. The molecule has 0 amide bonds. The van der Waals surface area contributed by atoms with Crippen LogP contribution in [0.2, 0.25) is 0 Å². The molecule has 0 aliphatic carbocycles. The fourth-order valence-electron chi connectivity index (χ4n) is 2.46. The Hall–Kier alpha value is -1.13. The third kappa shape index (κ3) is 3.68. The van der Waals surface area contributed by atoms with Gasteiger partial charge < -0.3 is 15.8 Å². The highest BCUT2D eigenvalue weighted by Gasteiger charge is 2.25. The van der Waals surface area contributed by atoms with E-state index in [0.717, 1.165) is 32.4 Å². The van der Waals surface area contributed by atoms with Crippen molar-refractivity contribution in [2.45, 2.75) is 44.8 Å². The van der Waals surface area contributed by atoms with Gasteiger partial charge in [-0.2, -0.15) is 0 Å². The second-order valence-corrected chi connectivity index (χ2v) is 4.91. The van der Waals surface area contributed by atoms with Crippen molar-refractivity contribution in [1.29, 1.82) is 0 Å². The SMILES string of the molecule is CCCNC(Cc1ccnc(N)c1)C1CCCO1. The second kappa shape index (κ2) is 6.71. The maximum atomic E-state index is 5.81. The van der Waals surface area contributed by atoms with E-state index in [4.69, 9.17) is 10.5 Å². The van der Waals surface area contributed by atoms with Crippen molar-refractivity contribution >= 4 is 5.82 Å². The number of nitrogens with two attached hydrogens (primary N) is 1. The summed E-state index contributed by atoms with van der Waals surface area (Å²) in [4.78, 5) is 4.03. The predicted octanol–water partition coefficient (Wildman–Crippen LogP) is 1.75. The molecule has 1 aliphatic rings. The summed E-state index contributed by atoms with van der Waals surface area (Å²) in [5.41, 5.74) is 6.95. The van der Waals surface area contributed by atoms with Gasteiger partial charge in [0.1, 0.15) is 5.82 Å². The van der Waals surface area contributed by atoms with E-state index in [1.54, 1.807) is 6.20 Å². The third-order valence-electron chi connectivity index (χ3n) is 3.37. The molecule has 2 unspecified atom stereocenters. The molecule has 18 heavy (non-hydrogen) atoms. The molecule has 0 bridgehead atoms. The first-order valence-corrected chi connectivity index (χ1v) is 6.85. The molecule has 1 fully saturated rings. The molecular formula is C14H23N3O. The van der Waals surface area contributed by atoms with Crippen LogP contribution in [0, 0.1) is 0 Å². The van der Waals surface area contributed by atoms with E-state index in [0.29, 0.717) is 18.0 Å². The van der Waals surface area contributed by atoms with Gasteiger partial charge in [-0.15, -0.1) is 0 Å². The first kappa shape index (κ1) is 13.3. The number of nitrogens with zero attached hydrogens (tertiary/aromatic N) is 1. The van der Waals surface area contributed by atoms with Crippen LogP contribution in [0.3, 0.4) is 0 Å². The van der Waals surface area contributed by atoms with Gasteiger partial charge in [0.05, 0.1) is 6.10 Å². The molecule has 1 aromatic rings. The average molecular weight is 249 g/mol. The van der Waals surface area contributed by atoms with Gasteiger partial charge in [-0.25, -0.2) is 4.98 Å². The summed E-state index contributed by atoms with van der Waals surface area (Å²) >= 11 is 0. The van der Waals surface area contributed by atoms with Crippen LogP contribution >= 0.6 is 0 Å². The second-order valence-electron chi connectivity index (χ2n) is 4.91. The summed E-state index contributed by atoms with van der Waals surface area (Å²) < 4.78 is 5.81. The highest BCUT2D eigenvalue weighted by molar-refractivity contribution is 5.32. The van der Waals surface area contributed by atoms with Crippen molar-refractivity contribution in [1.82, 2.24) is 10.3 Å². The number of aromatic nitrogens is 1. The first-order chi connectivity index (χ1) is 8.79. The number of anilines is 1. The monoisotopic (exact) mass is 249 g/mol. The Morgan fingerprint density at radius 1 is 1.61 bits per heavy atom. The highest BCUT2D eigenvalue weighted by atomic mass is 16.5. The molecule has 0 radical (unpaired) electrons. The molecule has 0 spiro atoms. The molecule has 4 heteroatoms. The lowest BCUT2D eigenvalue weighted by Crippen LogP contribution is -2.41. The summed E-state index contributed by atoms with van der Waals surface area (Å²) in [6.45, 7) is 4.11. The van der Waals surface area contributed by atoms with Crippen LogP contribution in [0.5, 0.6) is 0 Å². The highest BCUT2D eigenvalue weighted by Crippen LogP contribution is 2.19. The molecule has 1 aliphatic heterocycles. The Kier molecular flexibility index (Phi) is 4.96. The molecule has 0 saturated carbocycles. The topological polar surface area (TPSA) is 60.2 Å². The Balaban J connectivity index is 1.99. The summed E-state index contributed by atoms with van der Waals surface area (Å²) in [6.07, 6.45) is 6.54. The summed E-state index contributed by atoms with van der Waals surface area (Å²) in [5, 5.41) is 3.59. The van der Waals surface area contributed by atoms with Gasteiger partial charge in [0.15, 0.2) is 0 Å². The molecule has 100 valence electrons. The maximum Gasteiger partial charge on any atom is 0.123 e. The molecule has 0 aromatic carbocycles. The van der Waals surface area contributed by atoms with Gasteiger partial charge >= 0.3 is 0 Å². The minimum Gasteiger partial charge on any atom is -0.384 e. The largest absolute Gasteiger partial charge is 0.384 e. The Morgan fingerprint density at radius 3 is 3.17 bits per heavy atom. The molecule has 2 rings (SSSR count). The Labute approximate surface area is 109 Å². The van der Waals surface area contributed by atoms with Crippen LogP contribution in [0.1, 0.15) is 31.7 Å². The van der Waals surface area contributed by atoms with E-state index in [1.165, 1.54) is 12.0 Å². The number of ether oxygens (including phenoxy) is 1. The fourth-order valence-corrected chi connectivity index (χ4v) is 2.46. The van der Waals surface area contributed by atoms with E-state index >= 15 is 0 Å². The van der Waals surface area contributed by atoms with Gasteiger partial charge in [-0.1, -0.05) is 6.92 Å². The lowest BCUT2D eigenvalue weighted by molar-refractivity contribution is 0.0784. The quantitative estimate of drug-likeness (QED) is 0.806. The fraction of sp³-hybridized carbons (Fsp3) is 0.643. The number of rotatable bonds is 6. The molecule has 2 atom stereocenters. The van der Waals surface area contributed by atoms with E-state index in [9.17, 15) is 0 Å². The maximum absolute atomic E-state index is 5.81. The van der Waals surface area contributed by atoms with Crippen molar-refractivity contribution in [2.75, 3.05) is 18.9 Å². The third-order valence-corrected chi connectivity index (χ3v) is 3.37. The average Bonchev–Trinajstić information content (AvgIpc) is 2.88. The Bertz CT molecular complexity index is 364. The number of hydrogen-bond donors (Lipinski definition) is 2. The lowest BCUT2D eigenvalue weighted by Gasteiger charge is -2.24. The first-order valence-electron chi connectivity index (χ1n) is 6.85. The summed E-state index contributed by atoms with van der Waals surface area (Å²) in [5.74, 6) is 0.592. The minimum atomic E-state index is 0.339. The van der Waals surface area contributed by atoms with E-state index < -0.39 is 0 Å². The predicted molar refractivity (Wildman–Crippen MR) is 73.4 cm³/mol. The number of nitrogens with one attached hydrogen (secondary N) is 1. The smallest absolute Gasteiger partial charge is 0.123 e. The van der Waals surface area contributed by atoms with Gasteiger partial charge in [0.2, 0.25) is 0 Å². The van der Waals surface area contributed by atoms with Gasteiger partial charge in [0.25, 0.3) is 0 Å². The molecule has 2 heterocycles. The van der Waals surface area contributed by atoms with Crippen molar-refractivity contribution in [3.63, 3.8) is 0 Å². The Morgan fingerprint density at radius 2 is 2.50 bits per heavy atom. The lowest BCUT2D eigenvalue weighted by atomic mass is 10.00. The normalized spacial score (nSPS) is 21.1. The van der Waals surface area contributed by atoms with Crippen molar-refractivity contribution < 1.29 is 4.74 Å². The number of hydrogen-bond acceptors (Lipinski definition) is 4. The standard InChI is InChI=1S/C14H23N3O/c1-2-6-16-12(13-4-3-8-18-13)9-11-5-7-17-14(15)10-11/h5,7,10,12-13,16H,2-4,6,8-9H2,1H3,(H2,15,17). The molecule has 3 N–H and O–H groups in total. The van der Waals surface area contributed by atoms with Crippen LogP contribution in [0.15, 0.2) is 18.3 Å². The van der Waals surface area contributed by atoms with E-state index in [-0.39, 0.29) is 0 Å². The minimum absolute atomic E-state index is 0.339. The van der Waals surface area contributed by atoms with Crippen molar-refractivity contribution in [3.8, 4) is 0 Å². The van der Waals surface area contributed by atoms with Crippen LogP contribution in [-0.2, 0) is 11.2 Å². The van der Waals surface area contributed by atoms with Gasteiger partial charge in [-0.05, 0) is 49.9 Å². The van der Waals surface area contributed by atoms with E-state index in [2.05, 4.69) is 17.2 Å². The molecular weight excluding hydrogens is 226 g/mol. The van der Waals surface area contributed by atoms with Gasteiger partial charge in [-0.3, -0.25) is 0 Å². The van der Waals surface area contributed by atoms with Crippen molar-refractivity contribution in [2.24, 2.45) is 0 Å². The molecule has 1 aromatic heterocycles. The van der Waals surface area contributed by atoms with Gasteiger partial charge in [0, 0.05) is 18.8 Å². The zero-order chi connectivity index (χ0) is 12.8. The van der Waals surface area contributed by atoms with Crippen LogP contribution in [-0.4, -0.2) is 30.3 Å². The van der Waals surface area contributed by atoms with Crippen LogP contribution in [0.25, 0.3) is 0 Å². The van der Waals surface area contributed by atoms with Crippen molar-refractivity contribution in [3.05, 3.63) is 23.9 Å². The zero-order valence-electron chi connectivity index (χ0n) is 11.1. The van der Waals surface area contributed by atoms with Crippen LogP contribution < -0.4 is 11.1 Å². The number of pyridine rings is 1. The van der Waals surface area contributed by atoms with Crippen LogP contribution in [0.4, 0.5) is 5.82 Å². The number of nitrogen functional groups attached to an aromatic ring is 1. The zero-order valence-corrected chi connectivity index (χ0v) is 11.1. The summed E-state index contributed by atoms with van der Waals surface area (Å²) in [7, 11) is 0. The summed E-state index contributed by atoms with van der Waals surface area (Å²) in [6, 6.07) is 4.37. The van der Waals surface area contributed by atoms with E-state index in [1.807, 2.05) is 12.1 Å². The molecule has 4 nitrogen and oxygen atoms in total.